The van der Waals surface area contributed by atoms with Crippen molar-refractivity contribution in [2.75, 3.05) is 0 Å². The highest BCUT2D eigenvalue weighted by Crippen LogP contribution is 2.48. The number of alkyl halides is 3. The number of halogens is 4. The molecule has 2 heterocycles. The Morgan fingerprint density at radius 3 is 2.28 bits per heavy atom. The summed E-state index contributed by atoms with van der Waals surface area (Å²) in [5.41, 5.74) is 0.962. The highest BCUT2D eigenvalue weighted by atomic mass is 32.1. The predicted octanol–water partition coefficient (Wildman–Crippen LogP) is 7.49. The molecule has 32 heavy (non-hydrogen) atoms. The summed E-state index contributed by atoms with van der Waals surface area (Å²) >= 11 is 1.41. The molecular formula is C23H18F4N2O2S. The Labute approximate surface area is 185 Å². The second kappa shape index (κ2) is 8.05. The molecule has 0 amide bonds. The van der Waals surface area contributed by atoms with Crippen LogP contribution in [0.15, 0.2) is 54.9 Å². The van der Waals surface area contributed by atoms with E-state index in [4.69, 9.17) is 4.74 Å². The zero-order valence-corrected chi connectivity index (χ0v) is 18.1. The Morgan fingerprint density at radius 2 is 1.62 bits per heavy atom. The van der Waals surface area contributed by atoms with E-state index in [2.05, 4.69) is 14.7 Å². The number of thiophene rings is 1. The molecule has 0 aliphatic heterocycles. The van der Waals surface area contributed by atoms with Crippen LogP contribution in [0.25, 0.3) is 21.3 Å². The Kier molecular flexibility index (Phi) is 5.54. The van der Waals surface area contributed by atoms with Gasteiger partial charge in [-0.3, -0.25) is 0 Å². The minimum atomic E-state index is -4.88. The predicted molar refractivity (Wildman–Crippen MR) is 115 cm³/mol. The van der Waals surface area contributed by atoms with Crippen LogP contribution in [0, 0.1) is 5.82 Å². The van der Waals surface area contributed by atoms with Crippen molar-refractivity contribution in [3.8, 4) is 28.5 Å². The molecule has 4 aromatic rings. The maximum absolute atomic E-state index is 14.1. The van der Waals surface area contributed by atoms with Crippen LogP contribution in [0.1, 0.15) is 25.6 Å². The topological polar surface area (TPSA) is 44.2 Å². The summed E-state index contributed by atoms with van der Waals surface area (Å²) in [5.74, 6) is -1.01. The van der Waals surface area contributed by atoms with Gasteiger partial charge in [-0.2, -0.15) is 0 Å². The fraction of sp³-hybridized carbons (Fsp3) is 0.217. The number of hydrogen-bond donors (Lipinski definition) is 0. The lowest BCUT2D eigenvalue weighted by Crippen LogP contribution is -2.17. The molecule has 0 unspecified atom stereocenters. The van der Waals surface area contributed by atoms with Gasteiger partial charge in [0.05, 0.1) is 5.39 Å². The summed E-state index contributed by atoms with van der Waals surface area (Å²) in [4.78, 5) is 10.0. The molecule has 9 heteroatoms. The third-order valence-electron chi connectivity index (χ3n) is 4.53. The molecule has 0 saturated heterocycles. The van der Waals surface area contributed by atoms with Crippen molar-refractivity contribution in [3.05, 3.63) is 65.6 Å². The second-order valence-corrected chi connectivity index (χ2v) is 9.02. The molecule has 2 aromatic carbocycles. The van der Waals surface area contributed by atoms with E-state index < -0.39 is 17.9 Å². The molecule has 0 spiro atoms. The van der Waals surface area contributed by atoms with Crippen LogP contribution in [0.3, 0.4) is 0 Å². The lowest BCUT2D eigenvalue weighted by molar-refractivity contribution is -0.275. The van der Waals surface area contributed by atoms with Crippen LogP contribution in [0.5, 0.6) is 17.4 Å². The number of nitrogens with zero attached hydrogens (tertiary/aromatic N) is 2. The molecular weight excluding hydrogens is 444 g/mol. The summed E-state index contributed by atoms with van der Waals surface area (Å²) < 4.78 is 62.5. The smallest absolute Gasteiger partial charge is 0.434 e. The van der Waals surface area contributed by atoms with Gasteiger partial charge in [-0.1, -0.05) is 45.0 Å². The molecule has 0 atom stereocenters. The molecule has 0 saturated carbocycles. The molecule has 0 aliphatic rings. The van der Waals surface area contributed by atoms with Crippen molar-refractivity contribution in [2.45, 2.75) is 32.5 Å². The van der Waals surface area contributed by atoms with Gasteiger partial charge < -0.3 is 9.47 Å². The molecule has 0 N–H and O–H groups in total. The summed E-state index contributed by atoms with van der Waals surface area (Å²) in [6.07, 6.45) is -3.60. The third kappa shape index (κ3) is 4.52. The van der Waals surface area contributed by atoms with Crippen molar-refractivity contribution in [3.63, 3.8) is 0 Å². The first-order valence-corrected chi connectivity index (χ1v) is 10.4. The normalized spacial score (nSPS) is 12.2. The Balaban J connectivity index is 1.93. The SMILES string of the molecule is CC(C)(C)c1sc2ncnc(Oc3ccccc3OC(F)(F)F)c2c1-c1cccc(F)c1. The maximum Gasteiger partial charge on any atom is 0.573 e. The highest BCUT2D eigenvalue weighted by Gasteiger charge is 2.33. The molecule has 0 aliphatic carbocycles. The van der Waals surface area contributed by atoms with E-state index in [0.29, 0.717) is 21.3 Å². The van der Waals surface area contributed by atoms with Gasteiger partial charge in [0, 0.05) is 10.4 Å². The van der Waals surface area contributed by atoms with Gasteiger partial charge in [0.25, 0.3) is 0 Å². The van der Waals surface area contributed by atoms with Crippen LogP contribution >= 0.6 is 11.3 Å². The number of hydrogen-bond acceptors (Lipinski definition) is 5. The van der Waals surface area contributed by atoms with E-state index in [9.17, 15) is 17.6 Å². The Morgan fingerprint density at radius 1 is 0.906 bits per heavy atom. The molecule has 0 bridgehead atoms. The zero-order valence-electron chi connectivity index (χ0n) is 17.3. The van der Waals surface area contributed by atoms with Gasteiger partial charge in [0.2, 0.25) is 5.88 Å². The van der Waals surface area contributed by atoms with Gasteiger partial charge in [-0.15, -0.1) is 24.5 Å². The molecule has 0 radical (unpaired) electrons. The van der Waals surface area contributed by atoms with Crippen LogP contribution in [0.4, 0.5) is 17.6 Å². The molecule has 2 aromatic heterocycles. The first-order chi connectivity index (χ1) is 15.0. The van der Waals surface area contributed by atoms with E-state index in [0.717, 1.165) is 10.9 Å². The summed E-state index contributed by atoms with van der Waals surface area (Å²) in [6.45, 7) is 6.04. The summed E-state index contributed by atoms with van der Waals surface area (Å²) in [6, 6.07) is 11.5. The Hall–Kier alpha value is -3.20. The standard InChI is InChI=1S/C23H18F4N2O2S/c1-22(2,3)19-17(13-7-6-8-14(24)11-13)18-20(28-12-29-21(18)32-19)30-15-9-4-5-10-16(15)31-23(25,26)27/h4-12H,1-3H3. The maximum atomic E-state index is 14.1. The number of aromatic nitrogens is 2. The largest absolute Gasteiger partial charge is 0.573 e. The summed E-state index contributed by atoms with van der Waals surface area (Å²) in [7, 11) is 0. The van der Waals surface area contributed by atoms with E-state index >= 15 is 0 Å². The number of ether oxygens (including phenoxy) is 2. The van der Waals surface area contributed by atoms with Gasteiger partial charge in [-0.25, -0.2) is 14.4 Å². The second-order valence-electron chi connectivity index (χ2n) is 8.02. The Bertz CT molecular complexity index is 1280. The molecule has 166 valence electrons. The molecule has 0 fully saturated rings. The minimum Gasteiger partial charge on any atom is -0.434 e. The number of benzene rings is 2. The van der Waals surface area contributed by atoms with Crippen molar-refractivity contribution < 1.29 is 27.0 Å². The third-order valence-corrected chi connectivity index (χ3v) is 6.05. The van der Waals surface area contributed by atoms with Crippen LogP contribution in [-0.4, -0.2) is 16.3 Å². The van der Waals surface area contributed by atoms with Gasteiger partial charge in [-0.05, 0) is 35.2 Å². The number of rotatable bonds is 4. The van der Waals surface area contributed by atoms with E-state index in [1.807, 2.05) is 20.8 Å². The molecule has 4 nitrogen and oxygen atoms in total. The average Bonchev–Trinajstić information content (AvgIpc) is 3.10. The monoisotopic (exact) mass is 462 g/mol. The minimum absolute atomic E-state index is 0.0548. The zero-order chi connectivity index (χ0) is 23.1. The first-order valence-electron chi connectivity index (χ1n) is 9.59. The fourth-order valence-electron chi connectivity index (χ4n) is 3.28. The van der Waals surface area contributed by atoms with Gasteiger partial charge >= 0.3 is 6.36 Å². The quantitative estimate of drug-likeness (QED) is 0.295. The van der Waals surface area contributed by atoms with Crippen molar-refractivity contribution in [1.82, 2.24) is 9.97 Å². The lowest BCUT2D eigenvalue weighted by atomic mass is 9.88. The van der Waals surface area contributed by atoms with E-state index in [-0.39, 0.29) is 17.0 Å². The number of fused-ring (bicyclic) bond motifs is 1. The summed E-state index contributed by atoms with van der Waals surface area (Å²) in [5, 5.41) is 0.495. The lowest BCUT2D eigenvalue weighted by Gasteiger charge is -2.19. The van der Waals surface area contributed by atoms with E-state index in [1.165, 1.54) is 48.0 Å². The first kappa shape index (κ1) is 22.0. The van der Waals surface area contributed by atoms with Crippen molar-refractivity contribution in [1.29, 1.82) is 0 Å². The highest BCUT2D eigenvalue weighted by molar-refractivity contribution is 7.19. The number of para-hydroxylation sites is 2. The van der Waals surface area contributed by atoms with Gasteiger partial charge in [0.15, 0.2) is 11.5 Å². The van der Waals surface area contributed by atoms with Crippen molar-refractivity contribution >= 4 is 21.6 Å². The van der Waals surface area contributed by atoms with Crippen molar-refractivity contribution in [2.24, 2.45) is 0 Å². The van der Waals surface area contributed by atoms with Gasteiger partial charge in [0.1, 0.15) is 17.0 Å². The fourth-order valence-corrected chi connectivity index (χ4v) is 4.49. The average molecular weight is 462 g/mol. The van der Waals surface area contributed by atoms with Crippen LogP contribution < -0.4 is 9.47 Å². The van der Waals surface area contributed by atoms with E-state index in [1.54, 1.807) is 12.1 Å². The van der Waals surface area contributed by atoms with Crippen LogP contribution in [-0.2, 0) is 5.41 Å². The van der Waals surface area contributed by atoms with Crippen LogP contribution in [0.2, 0.25) is 0 Å². The molecule has 4 rings (SSSR count).